The van der Waals surface area contributed by atoms with Crippen LogP contribution >= 0.6 is 11.6 Å². The number of aliphatic hydroxyl groups is 1. The third-order valence-corrected chi connectivity index (χ3v) is 4.89. The number of hydrogen-bond donors (Lipinski definition) is 1. The van der Waals surface area contributed by atoms with Crippen LogP contribution in [0.5, 0.6) is 0 Å². The maximum absolute atomic E-state index is 11.2. The minimum Gasteiger partial charge on any atom is -0.384 e. The summed E-state index contributed by atoms with van der Waals surface area (Å²) in [5, 5.41) is 16.0. The lowest BCUT2D eigenvalue weighted by molar-refractivity contribution is 0.00970. The van der Waals surface area contributed by atoms with Crippen molar-refractivity contribution in [3.8, 4) is 0 Å². The highest BCUT2D eigenvalue weighted by Crippen LogP contribution is 2.41. The van der Waals surface area contributed by atoms with Crippen LogP contribution in [-0.2, 0) is 16.9 Å². The molecule has 0 radical (unpaired) electrons. The van der Waals surface area contributed by atoms with Gasteiger partial charge in [-0.05, 0) is 31.6 Å². The Labute approximate surface area is 132 Å². The van der Waals surface area contributed by atoms with Gasteiger partial charge >= 0.3 is 0 Å². The van der Waals surface area contributed by atoms with Gasteiger partial charge in [0.1, 0.15) is 5.60 Å². The summed E-state index contributed by atoms with van der Waals surface area (Å²) in [5.41, 5.74) is -0.0672. The van der Waals surface area contributed by atoms with E-state index in [1.807, 2.05) is 4.68 Å². The van der Waals surface area contributed by atoms with Crippen LogP contribution in [-0.4, -0.2) is 28.6 Å². The van der Waals surface area contributed by atoms with Gasteiger partial charge in [0.2, 0.25) is 0 Å². The first-order chi connectivity index (χ1) is 10.1. The lowest BCUT2D eigenvalue weighted by atomic mass is 9.89. The molecule has 1 fully saturated rings. The highest BCUT2D eigenvalue weighted by Gasteiger charge is 2.37. The molecule has 1 N–H and O–H groups in total. The summed E-state index contributed by atoms with van der Waals surface area (Å²) in [6.07, 6.45) is 8.98. The van der Waals surface area contributed by atoms with Gasteiger partial charge in [-0.15, -0.1) is 0 Å². The highest BCUT2D eigenvalue weighted by atomic mass is 35.5. The van der Waals surface area contributed by atoms with E-state index in [1.54, 1.807) is 13.3 Å². The first kappa shape index (κ1) is 16.8. The zero-order valence-corrected chi connectivity index (χ0v) is 13.9. The van der Waals surface area contributed by atoms with Crippen molar-refractivity contribution >= 4 is 11.6 Å². The lowest BCUT2D eigenvalue weighted by Crippen LogP contribution is -2.29. The fourth-order valence-electron chi connectivity index (χ4n) is 3.50. The highest BCUT2D eigenvalue weighted by molar-refractivity contribution is 6.31. The van der Waals surface area contributed by atoms with Crippen LogP contribution < -0.4 is 0 Å². The van der Waals surface area contributed by atoms with Crippen LogP contribution in [0.25, 0.3) is 0 Å². The van der Waals surface area contributed by atoms with Gasteiger partial charge in [0.15, 0.2) is 0 Å². The molecule has 2 rings (SSSR count). The second kappa shape index (κ2) is 7.61. The fraction of sp³-hybridized carbons (Fsp3) is 0.812. The molecule has 0 aromatic carbocycles. The Morgan fingerprint density at radius 2 is 2.29 bits per heavy atom. The summed E-state index contributed by atoms with van der Waals surface area (Å²) in [7, 11) is 1.67. The van der Waals surface area contributed by atoms with E-state index >= 15 is 0 Å². The minimum absolute atomic E-state index is 0.569. The summed E-state index contributed by atoms with van der Waals surface area (Å²) < 4.78 is 6.93. The van der Waals surface area contributed by atoms with Crippen LogP contribution in [0.4, 0.5) is 0 Å². The zero-order valence-electron chi connectivity index (χ0n) is 13.1. The van der Waals surface area contributed by atoms with Crippen molar-refractivity contribution in [2.24, 2.45) is 5.92 Å². The molecule has 0 aliphatic heterocycles. The van der Waals surface area contributed by atoms with E-state index in [0.29, 0.717) is 18.2 Å². The number of aromatic nitrogens is 2. The summed E-state index contributed by atoms with van der Waals surface area (Å²) in [6.45, 7) is 3.42. The van der Waals surface area contributed by atoms with E-state index in [0.717, 1.165) is 37.3 Å². The fourth-order valence-corrected chi connectivity index (χ4v) is 3.82. The molecular formula is C16H27ClN2O2. The second-order valence-corrected chi connectivity index (χ2v) is 6.58. The van der Waals surface area contributed by atoms with Crippen molar-refractivity contribution < 1.29 is 9.84 Å². The van der Waals surface area contributed by atoms with E-state index in [9.17, 15) is 5.11 Å². The topological polar surface area (TPSA) is 47.3 Å². The number of methoxy groups -OCH3 is 1. The summed E-state index contributed by atoms with van der Waals surface area (Å²) in [5.74, 6) is 0.734. The van der Waals surface area contributed by atoms with Gasteiger partial charge in [0.25, 0.3) is 0 Å². The average molecular weight is 315 g/mol. The SMILES string of the molecule is CCCC1CCCC(O)(c2c(Cl)cnn2CCOC)CC1. The number of rotatable bonds is 6. The normalized spacial score (nSPS) is 26.8. The molecule has 1 saturated carbocycles. The first-order valence-corrected chi connectivity index (χ1v) is 8.41. The van der Waals surface area contributed by atoms with E-state index in [4.69, 9.17) is 16.3 Å². The molecule has 120 valence electrons. The maximum Gasteiger partial charge on any atom is 0.108 e. The number of nitrogens with zero attached hydrogens (tertiary/aromatic N) is 2. The average Bonchev–Trinajstić information content (AvgIpc) is 2.73. The van der Waals surface area contributed by atoms with E-state index in [1.165, 1.54) is 19.3 Å². The molecule has 1 aliphatic carbocycles. The van der Waals surface area contributed by atoms with Crippen molar-refractivity contribution in [1.82, 2.24) is 9.78 Å². The molecule has 0 saturated heterocycles. The van der Waals surface area contributed by atoms with Gasteiger partial charge < -0.3 is 9.84 Å². The number of ether oxygens (including phenoxy) is 1. The number of halogens is 1. The van der Waals surface area contributed by atoms with Crippen molar-refractivity contribution in [1.29, 1.82) is 0 Å². The van der Waals surface area contributed by atoms with Gasteiger partial charge in [0, 0.05) is 7.11 Å². The molecule has 1 aliphatic rings. The van der Waals surface area contributed by atoms with Gasteiger partial charge in [-0.25, -0.2) is 0 Å². The van der Waals surface area contributed by atoms with Gasteiger partial charge in [-0.3, -0.25) is 4.68 Å². The van der Waals surface area contributed by atoms with E-state index < -0.39 is 5.60 Å². The molecule has 1 aromatic rings. The maximum atomic E-state index is 11.2. The van der Waals surface area contributed by atoms with E-state index in [-0.39, 0.29) is 0 Å². The third-order valence-electron chi connectivity index (χ3n) is 4.61. The van der Waals surface area contributed by atoms with Crippen LogP contribution in [0.2, 0.25) is 5.02 Å². The Bertz CT molecular complexity index is 449. The van der Waals surface area contributed by atoms with Crippen LogP contribution in [0.15, 0.2) is 6.20 Å². The molecule has 1 aromatic heterocycles. The van der Waals surface area contributed by atoms with Gasteiger partial charge in [-0.2, -0.15) is 5.10 Å². The molecule has 21 heavy (non-hydrogen) atoms. The molecule has 5 heteroatoms. The summed E-state index contributed by atoms with van der Waals surface area (Å²) >= 11 is 6.31. The van der Waals surface area contributed by atoms with Crippen LogP contribution in [0, 0.1) is 5.92 Å². The van der Waals surface area contributed by atoms with Crippen molar-refractivity contribution in [3.63, 3.8) is 0 Å². The van der Waals surface area contributed by atoms with Gasteiger partial charge in [-0.1, -0.05) is 37.8 Å². The Kier molecular flexibility index (Phi) is 6.08. The Hall–Kier alpha value is -0.580. The molecule has 0 spiro atoms. The molecule has 1 heterocycles. The minimum atomic E-state index is -0.843. The molecule has 4 nitrogen and oxygen atoms in total. The largest absolute Gasteiger partial charge is 0.384 e. The van der Waals surface area contributed by atoms with Crippen LogP contribution in [0.3, 0.4) is 0 Å². The number of hydrogen-bond acceptors (Lipinski definition) is 3. The Balaban J connectivity index is 2.17. The standard InChI is InChI=1S/C16H27ClN2O2/c1-3-5-13-6-4-8-16(20,9-7-13)15-14(17)12-18-19(15)10-11-21-2/h12-13,20H,3-11H2,1-2H3. The first-order valence-electron chi connectivity index (χ1n) is 8.04. The lowest BCUT2D eigenvalue weighted by Gasteiger charge is -2.28. The second-order valence-electron chi connectivity index (χ2n) is 6.17. The quantitative estimate of drug-likeness (QED) is 0.813. The smallest absolute Gasteiger partial charge is 0.108 e. The molecule has 0 bridgehead atoms. The monoisotopic (exact) mass is 314 g/mol. The van der Waals surface area contributed by atoms with Crippen molar-refractivity contribution in [2.45, 2.75) is 64.0 Å². The predicted molar refractivity (Wildman–Crippen MR) is 84.5 cm³/mol. The summed E-state index contributed by atoms with van der Waals surface area (Å²) in [4.78, 5) is 0. The Morgan fingerprint density at radius 1 is 1.48 bits per heavy atom. The van der Waals surface area contributed by atoms with Crippen LogP contribution in [0.1, 0.15) is 57.6 Å². The zero-order chi connectivity index (χ0) is 15.3. The van der Waals surface area contributed by atoms with E-state index in [2.05, 4.69) is 12.0 Å². The Morgan fingerprint density at radius 3 is 3.00 bits per heavy atom. The third kappa shape index (κ3) is 3.99. The van der Waals surface area contributed by atoms with Gasteiger partial charge in [0.05, 0.1) is 30.1 Å². The predicted octanol–water partition coefficient (Wildman–Crippen LogP) is 3.75. The van der Waals surface area contributed by atoms with Crippen molar-refractivity contribution in [3.05, 3.63) is 16.9 Å². The molecular weight excluding hydrogens is 288 g/mol. The molecule has 0 amide bonds. The molecule has 2 unspecified atom stereocenters. The summed E-state index contributed by atoms with van der Waals surface area (Å²) in [6, 6.07) is 0. The molecule has 2 atom stereocenters. The van der Waals surface area contributed by atoms with Crippen molar-refractivity contribution in [2.75, 3.05) is 13.7 Å².